The van der Waals surface area contributed by atoms with Gasteiger partial charge in [0.15, 0.2) is 11.5 Å². The molecule has 4 aromatic rings. The second kappa shape index (κ2) is 8.39. The molecule has 0 amide bonds. The zero-order chi connectivity index (χ0) is 21.1. The van der Waals surface area contributed by atoms with E-state index in [1.54, 1.807) is 49.8 Å². The maximum Gasteiger partial charge on any atom is 0.266 e. The summed E-state index contributed by atoms with van der Waals surface area (Å²) in [5.41, 5.74) is 1.74. The summed E-state index contributed by atoms with van der Waals surface area (Å²) in [6.07, 6.45) is 6.85. The summed E-state index contributed by atoms with van der Waals surface area (Å²) in [5.74, 6) is 1.41. The molecule has 2 heterocycles. The quantitative estimate of drug-likeness (QED) is 0.472. The van der Waals surface area contributed by atoms with E-state index in [2.05, 4.69) is 4.98 Å². The maximum atomic E-state index is 13.4. The summed E-state index contributed by atoms with van der Waals surface area (Å²) in [5, 5.41) is 1.03. The van der Waals surface area contributed by atoms with Crippen LogP contribution in [0.4, 0.5) is 0 Å². The highest BCUT2D eigenvalue weighted by Crippen LogP contribution is 2.30. The summed E-state index contributed by atoms with van der Waals surface area (Å²) in [6.45, 7) is 0. The van der Waals surface area contributed by atoms with E-state index in [0.29, 0.717) is 38.9 Å². The topological polar surface area (TPSA) is 66.2 Å². The number of fused-ring (bicyclic) bond motifs is 1. The van der Waals surface area contributed by atoms with Crippen molar-refractivity contribution in [3.05, 3.63) is 87.7 Å². The molecule has 0 N–H and O–H groups in total. The molecule has 0 unspecified atom stereocenters. The van der Waals surface area contributed by atoms with Crippen molar-refractivity contribution in [1.82, 2.24) is 14.5 Å². The molecule has 7 heteroatoms. The van der Waals surface area contributed by atoms with Crippen molar-refractivity contribution in [2.24, 2.45) is 0 Å². The van der Waals surface area contributed by atoms with Gasteiger partial charge < -0.3 is 9.47 Å². The second-order valence-corrected chi connectivity index (χ2v) is 6.80. The molecule has 2 aromatic heterocycles. The van der Waals surface area contributed by atoms with Gasteiger partial charge in [-0.2, -0.15) is 0 Å². The number of pyridine rings is 1. The van der Waals surface area contributed by atoms with Crippen molar-refractivity contribution >= 4 is 34.7 Å². The van der Waals surface area contributed by atoms with Gasteiger partial charge in [-0.15, -0.1) is 0 Å². The number of halogens is 1. The molecule has 0 fully saturated rings. The summed E-state index contributed by atoms with van der Waals surface area (Å²) < 4.78 is 12.3. The van der Waals surface area contributed by atoms with E-state index in [-0.39, 0.29) is 5.56 Å². The molecular formula is C23H18ClN3O3. The largest absolute Gasteiger partial charge is 0.493 e. The van der Waals surface area contributed by atoms with Gasteiger partial charge in [0.25, 0.3) is 5.56 Å². The average Bonchev–Trinajstić information content (AvgIpc) is 2.78. The zero-order valence-electron chi connectivity index (χ0n) is 16.4. The van der Waals surface area contributed by atoms with Crippen molar-refractivity contribution in [2.45, 2.75) is 0 Å². The van der Waals surface area contributed by atoms with Crippen molar-refractivity contribution in [1.29, 1.82) is 0 Å². The maximum absolute atomic E-state index is 13.4. The highest BCUT2D eigenvalue weighted by molar-refractivity contribution is 6.32. The molecule has 0 radical (unpaired) electrons. The molecule has 30 heavy (non-hydrogen) atoms. The SMILES string of the molecule is COc1cc2nc(/C=C/c3ccccc3Cl)n(-c3ccncc3)c(=O)c2cc1OC. The average molecular weight is 420 g/mol. The van der Waals surface area contributed by atoms with E-state index in [0.717, 1.165) is 5.56 Å². The van der Waals surface area contributed by atoms with Gasteiger partial charge in [-0.05, 0) is 42.0 Å². The van der Waals surface area contributed by atoms with Crippen LogP contribution >= 0.6 is 11.6 Å². The van der Waals surface area contributed by atoms with Gasteiger partial charge in [0, 0.05) is 23.5 Å². The van der Waals surface area contributed by atoms with Crippen LogP contribution in [0.3, 0.4) is 0 Å². The van der Waals surface area contributed by atoms with Crippen LogP contribution in [0.15, 0.2) is 65.7 Å². The summed E-state index contributed by atoms with van der Waals surface area (Å²) >= 11 is 6.27. The van der Waals surface area contributed by atoms with Gasteiger partial charge in [-0.1, -0.05) is 29.8 Å². The molecule has 0 aliphatic rings. The predicted molar refractivity (Wildman–Crippen MR) is 119 cm³/mol. The number of hydrogen-bond donors (Lipinski definition) is 0. The van der Waals surface area contributed by atoms with Crippen molar-refractivity contribution < 1.29 is 9.47 Å². The molecule has 0 aliphatic carbocycles. The first-order valence-corrected chi connectivity index (χ1v) is 9.52. The van der Waals surface area contributed by atoms with Crippen LogP contribution in [0.5, 0.6) is 11.5 Å². The first kappa shape index (κ1) is 19.7. The Bertz CT molecular complexity index is 1300. The van der Waals surface area contributed by atoms with Gasteiger partial charge in [0.1, 0.15) is 5.82 Å². The Morgan fingerprint density at radius 2 is 1.67 bits per heavy atom. The fraction of sp³-hybridized carbons (Fsp3) is 0.0870. The minimum atomic E-state index is -0.231. The van der Waals surface area contributed by atoms with Gasteiger partial charge in [-0.25, -0.2) is 4.98 Å². The molecular weight excluding hydrogens is 402 g/mol. The third-order valence-corrected chi connectivity index (χ3v) is 4.98. The predicted octanol–water partition coefficient (Wildman–Crippen LogP) is 4.62. The lowest BCUT2D eigenvalue weighted by molar-refractivity contribution is 0.355. The number of nitrogens with zero attached hydrogens (tertiary/aromatic N) is 3. The van der Waals surface area contributed by atoms with Crippen molar-refractivity contribution in [2.75, 3.05) is 14.2 Å². The highest BCUT2D eigenvalue weighted by atomic mass is 35.5. The monoisotopic (exact) mass is 419 g/mol. The lowest BCUT2D eigenvalue weighted by atomic mass is 10.2. The molecule has 0 atom stereocenters. The Balaban J connectivity index is 1.99. The van der Waals surface area contributed by atoms with Crippen LogP contribution in [0.25, 0.3) is 28.7 Å². The normalized spacial score (nSPS) is 11.2. The van der Waals surface area contributed by atoms with E-state index in [1.807, 2.05) is 30.3 Å². The number of rotatable bonds is 5. The molecule has 0 bridgehead atoms. The third kappa shape index (κ3) is 3.65. The summed E-state index contributed by atoms with van der Waals surface area (Å²) in [4.78, 5) is 22.2. The number of hydrogen-bond acceptors (Lipinski definition) is 5. The number of methoxy groups -OCH3 is 2. The van der Waals surface area contributed by atoms with Crippen LogP contribution < -0.4 is 15.0 Å². The zero-order valence-corrected chi connectivity index (χ0v) is 17.1. The van der Waals surface area contributed by atoms with E-state index in [1.165, 1.54) is 11.7 Å². The van der Waals surface area contributed by atoms with Gasteiger partial charge in [0.05, 0.1) is 30.8 Å². The third-order valence-electron chi connectivity index (χ3n) is 4.64. The van der Waals surface area contributed by atoms with E-state index >= 15 is 0 Å². The molecule has 0 saturated heterocycles. The van der Waals surface area contributed by atoms with E-state index < -0.39 is 0 Å². The Kier molecular flexibility index (Phi) is 5.50. The Morgan fingerprint density at radius 1 is 0.967 bits per heavy atom. The van der Waals surface area contributed by atoms with Crippen LogP contribution in [0, 0.1) is 0 Å². The first-order chi connectivity index (χ1) is 14.6. The lowest BCUT2D eigenvalue weighted by Crippen LogP contribution is -2.22. The minimum Gasteiger partial charge on any atom is -0.493 e. The molecule has 150 valence electrons. The summed E-state index contributed by atoms with van der Waals surface area (Å²) in [6, 6.07) is 14.3. The van der Waals surface area contributed by atoms with Gasteiger partial charge in [-0.3, -0.25) is 14.3 Å². The smallest absolute Gasteiger partial charge is 0.266 e. The second-order valence-electron chi connectivity index (χ2n) is 6.40. The molecule has 0 aliphatic heterocycles. The molecule has 4 rings (SSSR count). The lowest BCUT2D eigenvalue weighted by Gasteiger charge is -2.13. The number of ether oxygens (including phenoxy) is 2. The van der Waals surface area contributed by atoms with E-state index in [9.17, 15) is 4.79 Å². The molecule has 0 spiro atoms. The Morgan fingerprint density at radius 3 is 2.37 bits per heavy atom. The fourth-order valence-electron chi connectivity index (χ4n) is 3.16. The van der Waals surface area contributed by atoms with Crippen molar-refractivity contribution in [3.8, 4) is 17.2 Å². The minimum absolute atomic E-state index is 0.231. The highest BCUT2D eigenvalue weighted by Gasteiger charge is 2.15. The van der Waals surface area contributed by atoms with Crippen LogP contribution in [-0.4, -0.2) is 28.8 Å². The molecule has 2 aromatic carbocycles. The van der Waals surface area contributed by atoms with Crippen LogP contribution in [-0.2, 0) is 0 Å². The fourth-order valence-corrected chi connectivity index (χ4v) is 3.36. The number of aromatic nitrogens is 3. The Labute approximate surface area is 178 Å². The molecule has 6 nitrogen and oxygen atoms in total. The molecule has 0 saturated carbocycles. The van der Waals surface area contributed by atoms with Crippen molar-refractivity contribution in [3.63, 3.8) is 0 Å². The first-order valence-electron chi connectivity index (χ1n) is 9.14. The summed E-state index contributed by atoms with van der Waals surface area (Å²) in [7, 11) is 3.07. The standard InChI is InChI=1S/C23H18ClN3O3/c1-29-20-13-17-19(14-21(20)30-2)26-22(8-7-15-5-3-4-6-18(15)24)27(23(17)28)16-9-11-25-12-10-16/h3-14H,1-2H3/b8-7+. The van der Waals surface area contributed by atoms with Crippen LogP contribution in [0.1, 0.15) is 11.4 Å². The van der Waals surface area contributed by atoms with Crippen LogP contribution in [0.2, 0.25) is 5.02 Å². The van der Waals surface area contributed by atoms with Gasteiger partial charge in [0.2, 0.25) is 0 Å². The van der Waals surface area contributed by atoms with E-state index in [4.69, 9.17) is 26.1 Å². The number of benzene rings is 2. The Hall–Kier alpha value is -3.64. The van der Waals surface area contributed by atoms with Gasteiger partial charge >= 0.3 is 0 Å².